The van der Waals surface area contributed by atoms with E-state index in [4.69, 9.17) is 11.6 Å². The van der Waals surface area contributed by atoms with E-state index in [9.17, 15) is 4.79 Å². The highest BCUT2D eigenvalue weighted by Crippen LogP contribution is 2.18. The van der Waals surface area contributed by atoms with E-state index in [2.05, 4.69) is 20.9 Å². The Morgan fingerprint density at radius 3 is 2.74 bits per heavy atom. The van der Waals surface area contributed by atoms with Crippen LogP contribution in [0.2, 0.25) is 5.02 Å². The molecular weight excluding hydrogens is 314 g/mol. The Bertz CT molecular complexity index is 663. The molecule has 0 spiro atoms. The van der Waals surface area contributed by atoms with Crippen molar-refractivity contribution in [2.45, 2.75) is 31.8 Å². The molecule has 23 heavy (non-hydrogen) atoms. The molecule has 1 atom stereocenters. The first-order chi connectivity index (χ1) is 11.1. The molecule has 0 saturated carbocycles. The zero-order valence-corrected chi connectivity index (χ0v) is 13.8. The fourth-order valence-corrected chi connectivity index (χ4v) is 2.86. The Labute approximate surface area is 140 Å². The summed E-state index contributed by atoms with van der Waals surface area (Å²) in [6, 6.07) is 7.63. The number of piperidine rings is 1. The van der Waals surface area contributed by atoms with Crippen molar-refractivity contribution in [3.8, 4) is 0 Å². The number of nitrogens with zero attached hydrogens (tertiary/aromatic N) is 3. The number of rotatable bonds is 4. The second-order valence-electron chi connectivity index (χ2n) is 5.81. The van der Waals surface area contributed by atoms with Crippen molar-refractivity contribution in [2.24, 2.45) is 0 Å². The summed E-state index contributed by atoms with van der Waals surface area (Å²) < 4.78 is 1.81. The minimum absolute atomic E-state index is 0.121. The molecular formula is C16H20ClN5O. The van der Waals surface area contributed by atoms with Gasteiger partial charge in [-0.25, -0.2) is 4.68 Å². The molecule has 0 aliphatic carbocycles. The summed E-state index contributed by atoms with van der Waals surface area (Å²) in [6.07, 6.45) is 3.75. The lowest BCUT2D eigenvalue weighted by Crippen LogP contribution is -2.29. The lowest BCUT2D eigenvalue weighted by molar-refractivity contribution is 0.0934. The molecule has 2 heterocycles. The molecule has 1 aromatic heterocycles. The predicted octanol–water partition coefficient (Wildman–Crippen LogP) is 2.35. The van der Waals surface area contributed by atoms with Crippen LogP contribution >= 0.6 is 11.6 Å². The molecule has 1 fully saturated rings. The first kappa shape index (κ1) is 16.0. The maximum Gasteiger partial charge on any atom is 0.273 e. The smallest absolute Gasteiger partial charge is 0.273 e. The number of nitrogens with one attached hydrogen (secondary N) is 2. The van der Waals surface area contributed by atoms with E-state index in [0.717, 1.165) is 31.5 Å². The summed E-state index contributed by atoms with van der Waals surface area (Å²) >= 11 is 5.88. The summed E-state index contributed by atoms with van der Waals surface area (Å²) in [5.41, 5.74) is 1.35. The Morgan fingerprint density at radius 1 is 1.35 bits per heavy atom. The first-order valence-electron chi connectivity index (χ1n) is 7.82. The molecule has 122 valence electrons. The fraction of sp³-hybridized carbons (Fsp3) is 0.438. The number of amides is 1. The Kier molecular flexibility index (Phi) is 4.93. The highest BCUT2D eigenvalue weighted by molar-refractivity contribution is 6.30. The van der Waals surface area contributed by atoms with Crippen molar-refractivity contribution < 1.29 is 4.79 Å². The molecule has 6 nitrogen and oxygen atoms in total. The second kappa shape index (κ2) is 7.10. The molecule has 2 aromatic rings. The minimum Gasteiger partial charge on any atom is -0.344 e. The highest BCUT2D eigenvalue weighted by Gasteiger charge is 2.19. The molecule has 1 amide bonds. The van der Waals surface area contributed by atoms with Gasteiger partial charge >= 0.3 is 0 Å². The topological polar surface area (TPSA) is 71.8 Å². The predicted molar refractivity (Wildman–Crippen MR) is 88.5 cm³/mol. The maximum atomic E-state index is 12.3. The normalized spacial score (nSPS) is 17.0. The summed E-state index contributed by atoms with van der Waals surface area (Å²) in [5.74, 6) is -0.215. The van der Waals surface area contributed by atoms with Crippen molar-refractivity contribution in [1.82, 2.24) is 25.6 Å². The van der Waals surface area contributed by atoms with E-state index in [1.165, 1.54) is 0 Å². The lowest BCUT2D eigenvalue weighted by Gasteiger charge is -2.22. The van der Waals surface area contributed by atoms with Crippen molar-refractivity contribution >= 4 is 17.5 Å². The van der Waals surface area contributed by atoms with Crippen LogP contribution in [0.15, 0.2) is 30.5 Å². The SMILES string of the molecule is CC(NC(=O)c1cn(C2CCNCC2)nn1)c1ccc(Cl)cc1. The van der Waals surface area contributed by atoms with Crippen molar-refractivity contribution in [3.63, 3.8) is 0 Å². The van der Waals surface area contributed by atoms with Gasteiger partial charge in [-0.3, -0.25) is 4.79 Å². The van der Waals surface area contributed by atoms with Crippen molar-refractivity contribution in [3.05, 3.63) is 46.7 Å². The van der Waals surface area contributed by atoms with Gasteiger partial charge in [0.05, 0.1) is 18.3 Å². The average molecular weight is 334 g/mol. The quantitative estimate of drug-likeness (QED) is 0.901. The summed E-state index contributed by atoms with van der Waals surface area (Å²) in [4.78, 5) is 12.3. The van der Waals surface area contributed by atoms with Crippen LogP contribution in [0.1, 0.15) is 47.9 Å². The van der Waals surface area contributed by atoms with Crippen LogP contribution in [0, 0.1) is 0 Å². The maximum absolute atomic E-state index is 12.3. The van der Waals surface area contributed by atoms with Gasteiger partial charge < -0.3 is 10.6 Å². The summed E-state index contributed by atoms with van der Waals surface area (Å²) in [7, 11) is 0. The van der Waals surface area contributed by atoms with E-state index in [-0.39, 0.29) is 11.9 Å². The lowest BCUT2D eigenvalue weighted by atomic mass is 10.1. The monoisotopic (exact) mass is 333 g/mol. The van der Waals surface area contributed by atoms with Crippen molar-refractivity contribution in [2.75, 3.05) is 13.1 Å². The molecule has 7 heteroatoms. The Balaban J connectivity index is 1.63. The standard InChI is InChI=1S/C16H20ClN5O/c1-11(12-2-4-13(17)5-3-12)19-16(23)15-10-22(21-20-15)14-6-8-18-9-7-14/h2-5,10-11,14,18H,6-9H2,1H3,(H,19,23). The number of hydrogen-bond donors (Lipinski definition) is 2. The van der Waals surface area contributed by atoms with E-state index in [1.54, 1.807) is 6.20 Å². The van der Waals surface area contributed by atoms with E-state index in [0.29, 0.717) is 16.8 Å². The highest BCUT2D eigenvalue weighted by atomic mass is 35.5. The third-order valence-electron chi connectivity index (χ3n) is 4.14. The van der Waals surface area contributed by atoms with Gasteiger partial charge in [-0.15, -0.1) is 5.10 Å². The molecule has 1 aliphatic heterocycles. The third-order valence-corrected chi connectivity index (χ3v) is 4.40. The summed E-state index contributed by atoms with van der Waals surface area (Å²) in [5, 5.41) is 15.1. The number of carbonyl (C=O) groups is 1. The van der Waals surface area contributed by atoms with Gasteiger partial charge in [-0.05, 0) is 50.6 Å². The molecule has 1 saturated heterocycles. The Hall–Kier alpha value is -1.92. The number of hydrogen-bond acceptors (Lipinski definition) is 4. The van der Waals surface area contributed by atoms with Crippen LogP contribution in [-0.2, 0) is 0 Å². The largest absolute Gasteiger partial charge is 0.344 e. The molecule has 3 rings (SSSR count). The zero-order chi connectivity index (χ0) is 16.2. The van der Waals surface area contributed by atoms with Crippen LogP contribution in [0.4, 0.5) is 0 Å². The van der Waals surface area contributed by atoms with E-state index < -0.39 is 0 Å². The zero-order valence-electron chi connectivity index (χ0n) is 13.0. The number of halogens is 1. The van der Waals surface area contributed by atoms with Crippen molar-refractivity contribution in [1.29, 1.82) is 0 Å². The van der Waals surface area contributed by atoms with Crippen LogP contribution in [0.5, 0.6) is 0 Å². The van der Waals surface area contributed by atoms with Gasteiger partial charge in [-0.1, -0.05) is 28.9 Å². The van der Waals surface area contributed by atoms with Gasteiger partial charge in [-0.2, -0.15) is 0 Å². The van der Waals surface area contributed by atoms with Gasteiger partial charge in [0.1, 0.15) is 0 Å². The van der Waals surface area contributed by atoms with E-state index in [1.807, 2.05) is 35.9 Å². The van der Waals surface area contributed by atoms with Crippen LogP contribution < -0.4 is 10.6 Å². The molecule has 2 N–H and O–H groups in total. The molecule has 0 radical (unpaired) electrons. The van der Waals surface area contributed by atoms with Gasteiger partial charge in [0.2, 0.25) is 0 Å². The second-order valence-corrected chi connectivity index (χ2v) is 6.25. The Morgan fingerprint density at radius 2 is 2.04 bits per heavy atom. The number of aromatic nitrogens is 3. The molecule has 1 aliphatic rings. The molecule has 1 unspecified atom stereocenters. The van der Waals surface area contributed by atoms with Gasteiger partial charge in [0.25, 0.3) is 5.91 Å². The number of carbonyl (C=O) groups excluding carboxylic acids is 1. The third kappa shape index (κ3) is 3.89. The average Bonchev–Trinajstić information content (AvgIpc) is 3.06. The van der Waals surface area contributed by atoms with Crippen LogP contribution in [0.25, 0.3) is 0 Å². The molecule has 0 bridgehead atoms. The minimum atomic E-state index is -0.215. The fourth-order valence-electron chi connectivity index (χ4n) is 2.74. The number of benzene rings is 1. The van der Waals surface area contributed by atoms with Gasteiger partial charge in [0, 0.05) is 5.02 Å². The van der Waals surface area contributed by atoms with Crippen LogP contribution in [0.3, 0.4) is 0 Å². The van der Waals surface area contributed by atoms with Crippen LogP contribution in [-0.4, -0.2) is 34.0 Å². The summed E-state index contributed by atoms with van der Waals surface area (Å²) in [6.45, 7) is 3.87. The van der Waals surface area contributed by atoms with Gasteiger partial charge in [0.15, 0.2) is 5.69 Å². The molecule has 1 aromatic carbocycles. The van der Waals surface area contributed by atoms with E-state index >= 15 is 0 Å². The first-order valence-corrected chi connectivity index (χ1v) is 8.20.